The van der Waals surface area contributed by atoms with Crippen molar-refractivity contribution in [1.29, 1.82) is 0 Å². The molecule has 0 bridgehead atoms. The van der Waals surface area contributed by atoms with Gasteiger partial charge < -0.3 is 14.3 Å². The summed E-state index contributed by atoms with van der Waals surface area (Å²) in [4.78, 5) is 27.8. The predicted molar refractivity (Wildman–Crippen MR) is 125 cm³/mol. The van der Waals surface area contributed by atoms with Crippen LogP contribution in [0.5, 0.6) is 5.75 Å². The van der Waals surface area contributed by atoms with Gasteiger partial charge in [-0.15, -0.1) is 0 Å². The van der Waals surface area contributed by atoms with E-state index in [0.29, 0.717) is 22.3 Å². The fourth-order valence-electron chi connectivity index (χ4n) is 4.29. The van der Waals surface area contributed by atoms with E-state index in [9.17, 15) is 27.9 Å². The number of aliphatic hydroxyl groups excluding tert-OH is 1. The standard InChI is InChI=1S/C27H18F3NO5/c1-35-19-10-4-7-16(12-19)23-22(24(32)21-13-15-6-2-3-11-20(15)36-21)25(33)26(34)31(23)18-9-5-8-17(14-18)27(28,29)30/h2-14,23,33H,1H3. The zero-order chi connectivity index (χ0) is 25.6. The normalized spacial score (nSPS) is 16.2. The van der Waals surface area contributed by atoms with Crippen LogP contribution in [0.15, 0.2) is 94.6 Å². The lowest BCUT2D eigenvalue weighted by molar-refractivity contribution is -0.137. The van der Waals surface area contributed by atoms with Gasteiger partial charge in [0.2, 0.25) is 5.78 Å². The number of halogens is 3. The summed E-state index contributed by atoms with van der Waals surface area (Å²) in [5.74, 6) is -2.37. The van der Waals surface area contributed by atoms with E-state index in [2.05, 4.69) is 0 Å². The van der Waals surface area contributed by atoms with Gasteiger partial charge in [-0.3, -0.25) is 14.5 Å². The summed E-state index contributed by atoms with van der Waals surface area (Å²) < 4.78 is 51.2. The number of furan rings is 1. The van der Waals surface area contributed by atoms with Crippen LogP contribution in [0.25, 0.3) is 11.0 Å². The van der Waals surface area contributed by atoms with E-state index in [1.807, 2.05) is 0 Å². The number of ketones is 1. The first-order valence-corrected chi connectivity index (χ1v) is 10.8. The molecule has 1 aliphatic heterocycles. The number of anilines is 1. The van der Waals surface area contributed by atoms with Gasteiger partial charge in [-0.05, 0) is 48.0 Å². The number of hydrogen-bond acceptors (Lipinski definition) is 5. The van der Waals surface area contributed by atoms with Crippen LogP contribution in [0.1, 0.15) is 27.7 Å². The Labute approximate surface area is 202 Å². The Morgan fingerprint density at radius 2 is 1.75 bits per heavy atom. The number of nitrogens with zero attached hydrogens (tertiary/aromatic N) is 1. The highest BCUT2D eigenvalue weighted by Gasteiger charge is 2.46. The molecule has 2 heterocycles. The number of fused-ring (bicyclic) bond motifs is 1. The fraction of sp³-hybridized carbons (Fsp3) is 0.111. The highest BCUT2D eigenvalue weighted by atomic mass is 19.4. The molecule has 9 heteroatoms. The Morgan fingerprint density at radius 3 is 2.47 bits per heavy atom. The highest BCUT2D eigenvalue weighted by Crippen LogP contribution is 2.44. The zero-order valence-electron chi connectivity index (χ0n) is 18.7. The number of amides is 1. The molecule has 0 saturated carbocycles. The van der Waals surface area contributed by atoms with Crippen LogP contribution in [0.2, 0.25) is 0 Å². The fourth-order valence-corrected chi connectivity index (χ4v) is 4.29. The maximum atomic E-state index is 13.6. The SMILES string of the molecule is COc1cccc(C2C(C(=O)c3cc4ccccc4o3)=C(O)C(=O)N2c2cccc(C(F)(F)F)c2)c1. The lowest BCUT2D eigenvalue weighted by Crippen LogP contribution is -2.31. The number of rotatable bonds is 5. The van der Waals surface area contributed by atoms with Gasteiger partial charge in [-0.1, -0.05) is 36.4 Å². The van der Waals surface area contributed by atoms with Crippen molar-refractivity contribution in [2.75, 3.05) is 12.0 Å². The minimum absolute atomic E-state index is 0.121. The van der Waals surface area contributed by atoms with Crippen molar-refractivity contribution in [3.63, 3.8) is 0 Å². The highest BCUT2D eigenvalue weighted by molar-refractivity contribution is 6.20. The van der Waals surface area contributed by atoms with Crippen LogP contribution in [-0.4, -0.2) is 23.9 Å². The first-order chi connectivity index (χ1) is 17.2. The molecule has 1 aliphatic rings. The van der Waals surface area contributed by atoms with Gasteiger partial charge in [-0.25, -0.2) is 0 Å². The predicted octanol–water partition coefficient (Wildman–Crippen LogP) is 6.24. The summed E-state index contributed by atoms with van der Waals surface area (Å²) in [6, 6.07) is 17.6. The maximum Gasteiger partial charge on any atom is 0.416 e. The second-order valence-electron chi connectivity index (χ2n) is 8.14. The quantitative estimate of drug-likeness (QED) is 0.333. The Bertz CT molecular complexity index is 1500. The topological polar surface area (TPSA) is 80.0 Å². The van der Waals surface area contributed by atoms with Crippen molar-refractivity contribution in [1.82, 2.24) is 0 Å². The summed E-state index contributed by atoms with van der Waals surface area (Å²) in [6.07, 6.45) is -4.66. The second kappa shape index (κ2) is 8.60. The average Bonchev–Trinajstić information content (AvgIpc) is 3.42. The summed E-state index contributed by atoms with van der Waals surface area (Å²) in [5.41, 5.74) is -0.651. The lowest BCUT2D eigenvalue weighted by atomic mass is 9.94. The molecule has 1 atom stereocenters. The van der Waals surface area contributed by atoms with Gasteiger partial charge in [0.15, 0.2) is 11.5 Å². The monoisotopic (exact) mass is 493 g/mol. The van der Waals surface area contributed by atoms with Crippen LogP contribution < -0.4 is 9.64 Å². The molecule has 0 fully saturated rings. The summed E-state index contributed by atoms with van der Waals surface area (Å²) in [6.45, 7) is 0. The Morgan fingerprint density at radius 1 is 1.00 bits per heavy atom. The van der Waals surface area contributed by atoms with Crippen LogP contribution >= 0.6 is 0 Å². The summed E-state index contributed by atoms with van der Waals surface area (Å²) in [7, 11) is 1.43. The van der Waals surface area contributed by atoms with Crippen molar-refractivity contribution in [2.45, 2.75) is 12.2 Å². The van der Waals surface area contributed by atoms with E-state index >= 15 is 0 Å². The maximum absolute atomic E-state index is 13.6. The van der Waals surface area contributed by atoms with Crippen molar-refractivity contribution in [2.24, 2.45) is 0 Å². The van der Waals surface area contributed by atoms with Gasteiger partial charge in [0, 0.05) is 11.1 Å². The lowest BCUT2D eigenvalue weighted by Gasteiger charge is -2.27. The number of hydrogen-bond donors (Lipinski definition) is 1. The van der Waals surface area contributed by atoms with Crippen LogP contribution in [0.3, 0.4) is 0 Å². The third-order valence-electron chi connectivity index (χ3n) is 5.96. The minimum Gasteiger partial charge on any atom is -0.503 e. The molecule has 4 aromatic rings. The molecule has 0 saturated heterocycles. The van der Waals surface area contributed by atoms with Crippen molar-refractivity contribution < 1.29 is 37.0 Å². The molecule has 1 aromatic heterocycles. The van der Waals surface area contributed by atoms with Gasteiger partial charge in [0.1, 0.15) is 11.3 Å². The Kier molecular flexibility index (Phi) is 5.55. The molecular formula is C27H18F3NO5. The molecule has 0 spiro atoms. The third-order valence-corrected chi connectivity index (χ3v) is 5.96. The second-order valence-corrected chi connectivity index (χ2v) is 8.14. The van der Waals surface area contributed by atoms with Crippen molar-refractivity contribution in [3.8, 4) is 5.75 Å². The van der Waals surface area contributed by atoms with Crippen molar-refractivity contribution >= 4 is 28.3 Å². The molecule has 1 unspecified atom stereocenters. The molecule has 1 N–H and O–H groups in total. The molecule has 0 aliphatic carbocycles. The Hall–Kier alpha value is -4.53. The number of carbonyl (C=O) groups excluding carboxylic acids is 2. The molecule has 5 rings (SSSR count). The molecular weight excluding hydrogens is 475 g/mol. The summed E-state index contributed by atoms with van der Waals surface area (Å²) in [5, 5.41) is 11.5. The summed E-state index contributed by atoms with van der Waals surface area (Å²) >= 11 is 0. The molecule has 36 heavy (non-hydrogen) atoms. The van der Waals surface area contributed by atoms with E-state index in [4.69, 9.17) is 9.15 Å². The van der Waals surface area contributed by atoms with Crippen LogP contribution in [0, 0.1) is 0 Å². The van der Waals surface area contributed by atoms with E-state index in [1.165, 1.54) is 19.2 Å². The number of benzene rings is 3. The molecule has 0 radical (unpaired) electrons. The smallest absolute Gasteiger partial charge is 0.416 e. The van der Waals surface area contributed by atoms with E-state index in [0.717, 1.165) is 23.1 Å². The van der Waals surface area contributed by atoms with Crippen molar-refractivity contribution in [3.05, 3.63) is 107 Å². The van der Waals surface area contributed by atoms with E-state index in [-0.39, 0.29) is 17.0 Å². The first kappa shape index (κ1) is 23.2. The van der Waals surface area contributed by atoms with Gasteiger partial charge in [0.05, 0.1) is 24.3 Å². The first-order valence-electron chi connectivity index (χ1n) is 10.8. The number of para-hydroxylation sites is 1. The minimum atomic E-state index is -4.66. The number of Topliss-reactive ketones (excluding diaryl/α,β-unsaturated/α-hetero) is 1. The van der Waals surface area contributed by atoms with Crippen LogP contribution in [0.4, 0.5) is 18.9 Å². The van der Waals surface area contributed by atoms with E-state index in [1.54, 1.807) is 48.5 Å². The largest absolute Gasteiger partial charge is 0.503 e. The third kappa shape index (κ3) is 3.88. The zero-order valence-corrected chi connectivity index (χ0v) is 18.7. The molecule has 1 amide bonds. The molecule has 3 aromatic carbocycles. The number of carbonyl (C=O) groups is 2. The number of alkyl halides is 3. The number of methoxy groups -OCH3 is 1. The molecule has 182 valence electrons. The number of ether oxygens (including phenoxy) is 1. The molecule has 6 nitrogen and oxygen atoms in total. The Balaban J connectivity index is 1.68. The number of aliphatic hydroxyl groups is 1. The van der Waals surface area contributed by atoms with Crippen LogP contribution in [-0.2, 0) is 11.0 Å². The van der Waals surface area contributed by atoms with Gasteiger partial charge in [0.25, 0.3) is 5.91 Å². The average molecular weight is 493 g/mol. The van der Waals surface area contributed by atoms with Gasteiger partial charge >= 0.3 is 6.18 Å². The van der Waals surface area contributed by atoms with E-state index < -0.39 is 35.2 Å². The van der Waals surface area contributed by atoms with Gasteiger partial charge in [-0.2, -0.15) is 13.2 Å².